The molecule has 3 rings (SSSR count). The molecule has 0 unspecified atom stereocenters. The van der Waals surface area contributed by atoms with Crippen LogP contribution in [0.25, 0.3) is 0 Å². The maximum atomic E-state index is 13.0. The summed E-state index contributed by atoms with van der Waals surface area (Å²) >= 11 is 0. The monoisotopic (exact) mass is 352 g/mol. The number of anilines is 2. The second-order valence-electron chi connectivity index (χ2n) is 5.75. The Labute approximate surface area is 140 Å². The van der Waals surface area contributed by atoms with Gasteiger partial charge in [0.05, 0.1) is 10.6 Å². The molecular formula is C17H18F2N2O2S. The Bertz CT molecular complexity index is 840. The van der Waals surface area contributed by atoms with Crippen molar-refractivity contribution < 1.29 is 17.2 Å². The van der Waals surface area contributed by atoms with Gasteiger partial charge in [0.1, 0.15) is 0 Å². The summed E-state index contributed by atoms with van der Waals surface area (Å²) in [5.74, 6) is -3.43. The van der Waals surface area contributed by atoms with Crippen molar-refractivity contribution in [2.75, 3.05) is 29.9 Å². The predicted molar refractivity (Wildman–Crippen MR) is 90.4 cm³/mol. The first-order valence-corrected chi connectivity index (χ1v) is 9.11. The van der Waals surface area contributed by atoms with Crippen LogP contribution in [0.2, 0.25) is 0 Å². The van der Waals surface area contributed by atoms with Crippen molar-refractivity contribution in [1.82, 2.24) is 0 Å². The largest absolute Gasteiger partial charge is 0.373 e. The molecule has 0 amide bonds. The highest BCUT2D eigenvalue weighted by atomic mass is 32.2. The molecule has 0 fully saturated rings. The Balaban J connectivity index is 2.05. The Morgan fingerprint density at radius 1 is 0.958 bits per heavy atom. The van der Waals surface area contributed by atoms with Gasteiger partial charge in [-0.15, -0.1) is 0 Å². The fourth-order valence-electron chi connectivity index (χ4n) is 2.95. The molecule has 7 heteroatoms. The van der Waals surface area contributed by atoms with Crippen molar-refractivity contribution in [3.05, 3.63) is 54.1 Å². The van der Waals surface area contributed by atoms with Crippen LogP contribution < -0.4 is 9.80 Å². The zero-order valence-electron chi connectivity index (χ0n) is 13.2. The Morgan fingerprint density at radius 3 is 2.29 bits per heavy atom. The lowest BCUT2D eigenvalue weighted by molar-refractivity contribution is 0.235. The minimum absolute atomic E-state index is 0.318. The first-order chi connectivity index (χ1) is 11.4. The molecule has 0 aromatic heterocycles. The second-order valence-corrected chi connectivity index (χ2v) is 7.63. The van der Waals surface area contributed by atoms with Crippen LogP contribution >= 0.6 is 0 Å². The zero-order chi connectivity index (χ0) is 17.3. The highest BCUT2D eigenvalue weighted by Gasteiger charge is 2.31. The number of likely N-dealkylation sites (N-methyl/N-ethyl adjacent to an activating group) is 1. The van der Waals surface area contributed by atoms with Crippen LogP contribution in [0.1, 0.15) is 5.56 Å². The van der Waals surface area contributed by atoms with Crippen LogP contribution in [-0.4, -0.2) is 34.3 Å². The van der Waals surface area contributed by atoms with E-state index < -0.39 is 15.6 Å². The van der Waals surface area contributed by atoms with Crippen molar-refractivity contribution in [2.45, 2.75) is 17.2 Å². The van der Waals surface area contributed by atoms with E-state index >= 15 is 0 Å². The lowest BCUT2D eigenvalue weighted by Crippen LogP contribution is -2.30. The van der Waals surface area contributed by atoms with Crippen LogP contribution in [0.4, 0.5) is 20.2 Å². The summed E-state index contributed by atoms with van der Waals surface area (Å²) in [6.45, 7) is 1.68. The topological polar surface area (TPSA) is 40.6 Å². The molecule has 0 aliphatic carbocycles. The van der Waals surface area contributed by atoms with Crippen molar-refractivity contribution in [3.63, 3.8) is 0 Å². The lowest BCUT2D eigenvalue weighted by atomic mass is 10.1. The van der Waals surface area contributed by atoms with Gasteiger partial charge < -0.3 is 9.80 Å². The third-order valence-electron chi connectivity index (χ3n) is 4.22. The fraction of sp³-hybridized carbons (Fsp3) is 0.294. The third-order valence-corrected chi connectivity index (χ3v) is 5.64. The number of hydrogen-bond donors (Lipinski definition) is 0. The van der Waals surface area contributed by atoms with Crippen LogP contribution in [0.5, 0.6) is 0 Å². The van der Waals surface area contributed by atoms with E-state index in [-0.39, 0.29) is 4.90 Å². The van der Waals surface area contributed by atoms with Gasteiger partial charge in [-0.25, -0.2) is 8.42 Å². The predicted octanol–water partition coefficient (Wildman–Crippen LogP) is 3.14. The Hall–Kier alpha value is -2.15. The van der Waals surface area contributed by atoms with Crippen molar-refractivity contribution in [3.8, 4) is 0 Å². The van der Waals surface area contributed by atoms with E-state index in [1.165, 1.54) is 12.1 Å². The van der Waals surface area contributed by atoms with E-state index in [1.54, 1.807) is 12.1 Å². The molecule has 1 aliphatic heterocycles. The highest BCUT2D eigenvalue weighted by Crippen LogP contribution is 2.32. The number of halogens is 2. The Morgan fingerprint density at radius 2 is 1.58 bits per heavy atom. The van der Waals surface area contributed by atoms with Gasteiger partial charge in [-0.2, -0.15) is 8.78 Å². The molecule has 4 nitrogen and oxygen atoms in total. The molecule has 0 saturated heterocycles. The Kier molecular flexibility index (Phi) is 4.45. The summed E-state index contributed by atoms with van der Waals surface area (Å²) in [5.41, 5.74) is 2.42. The molecule has 0 bridgehead atoms. The van der Waals surface area contributed by atoms with Gasteiger partial charge in [-0.1, -0.05) is 30.3 Å². The van der Waals surface area contributed by atoms with Gasteiger partial charge in [-0.05, 0) is 23.8 Å². The van der Waals surface area contributed by atoms with E-state index in [0.717, 1.165) is 11.3 Å². The number of benzene rings is 2. The standard InChI is InChI=1S/C17H18F2N2O2S/c1-20-10-11-21(12-13-6-2-3-7-14(13)20)15-8-4-5-9-16(15)24(22,23)17(18)19/h2-9,17H,10-12H2,1H3. The molecule has 128 valence electrons. The number of fused-ring (bicyclic) bond motifs is 1. The van der Waals surface area contributed by atoms with Crippen LogP contribution in [0, 0.1) is 0 Å². The number of alkyl halides is 2. The summed E-state index contributed by atoms with van der Waals surface area (Å²) in [5, 5.41) is 0. The minimum Gasteiger partial charge on any atom is -0.373 e. The van der Waals surface area contributed by atoms with Gasteiger partial charge in [0.15, 0.2) is 0 Å². The summed E-state index contributed by atoms with van der Waals surface area (Å²) in [6.07, 6.45) is 0. The molecule has 0 saturated carbocycles. The molecule has 1 heterocycles. The molecule has 2 aromatic carbocycles. The molecule has 0 spiro atoms. The number of rotatable bonds is 3. The highest BCUT2D eigenvalue weighted by molar-refractivity contribution is 7.91. The number of hydrogen-bond acceptors (Lipinski definition) is 4. The summed E-state index contributed by atoms with van der Waals surface area (Å²) in [6, 6.07) is 13.8. The average molecular weight is 352 g/mol. The molecule has 0 radical (unpaired) electrons. The van der Waals surface area contributed by atoms with Crippen LogP contribution in [0.3, 0.4) is 0 Å². The minimum atomic E-state index is -4.65. The quantitative estimate of drug-likeness (QED) is 0.851. The molecule has 0 atom stereocenters. The molecule has 0 N–H and O–H groups in total. The van der Waals surface area contributed by atoms with E-state index in [4.69, 9.17) is 0 Å². The van der Waals surface area contributed by atoms with Crippen molar-refractivity contribution in [2.24, 2.45) is 0 Å². The average Bonchev–Trinajstić information content (AvgIpc) is 2.74. The number of nitrogens with zero attached hydrogens (tertiary/aromatic N) is 2. The molecular weight excluding hydrogens is 334 g/mol. The van der Waals surface area contributed by atoms with E-state index in [9.17, 15) is 17.2 Å². The van der Waals surface area contributed by atoms with Gasteiger partial charge >= 0.3 is 5.76 Å². The third kappa shape index (κ3) is 2.96. The maximum Gasteiger partial charge on any atom is 0.341 e. The normalized spacial score (nSPS) is 15.3. The summed E-state index contributed by atoms with van der Waals surface area (Å²) < 4.78 is 50.0. The molecule has 2 aromatic rings. The number of sulfone groups is 1. The van der Waals surface area contributed by atoms with E-state index in [1.807, 2.05) is 36.2 Å². The van der Waals surface area contributed by atoms with Crippen molar-refractivity contribution in [1.29, 1.82) is 0 Å². The first-order valence-electron chi connectivity index (χ1n) is 7.56. The van der Waals surface area contributed by atoms with Crippen LogP contribution in [0.15, 0.2) is 53.4 Å². The summed E-state index contributed by atoms with van der Waals surface area (Å²) in [4.78, 5) is 3.61. The molecule has 24 heavy (non-hydrogen) atoms. The fourth-order valence-corrected chi connectivity index (χ4v) is 3.90. The van der Waals surface area contributed by atoms with Crippen LogP contribution in [-0.2, 0) is 16.4 Å². The summed E-state index contributed by atoms with van der Waals surface area (Å²) in [7, 11) is -2.69. The van der Waals surface area contributed by atoms with Gasteiger partial charge in [-0.3, -0.25) is 0 Å². The number of para-hydroxylation sites is 2. The maximum absolute atomic E-state index is 13.0. The van der Waals surface area contributed by atoms with E-state index in [0.29, 0.717) is 25.3 Å². The van der Waals surface area contributed by atoms with Crippen molar-refractivity contribution >= 4 is 21.2 Å². The van der Waals surface area contributed by atoms with Gasteiger partial charge in [0.25, 0.3) is 0 Å². The van der Waals surface area contributed by atoms with Gasteiger partial charge in [0, 0.05) is 32.4 Å². The first kappa shape index (κ1) is 16.7. The zero-order valence-corrected chi connectivity index (χ0v) is 14.0. The van der Waals surface area contributed by atoms with E-state index in [2.05, 4.69) is 4.90 Å². The lowest BCUT2D eigenvalue weighted by Gasteiger charge is -2.25. The molecule has 1 aliphatic rings. The smallest absolute Gasteiger partial charge is 0.341 e. The van der Waals surface area contributed by atoms with Gasteiger partial charge in [0.2, 0.25) is 9.84 Å². The SMILES string of the molecule is CN1CCN(c2ccccc2S(=O)(=O)C(F)F)Cc2ccccc21. The second kappa shape index (κ2) is 6.39.